The Labute approximate surface area is 158 Å². The van der Waals surface area contributed by atoms with Crippen molar-refractivity contribution < 1.29 is 19.8 Å². The number of carbonyl (C=O) groups is 2. The number of hydrogen-bond acceptors (Lipinski definition) is 5. The van der Waals surface area contributed by atoms with Crippen LogP contribution in [0.25, 0.3) is 5.76 Å². The van der Waals surface area contributed by atoms with Crippen molar-refractivity contribution in [2.75, 3.05) is 6.54 Å². The lowest BCUT2D eigenvalue weighted by atomic mass is 9.80. The highest BCUT2D eigenvalue weighted by Crippen LogP contribution is 2.39. The molecule has 0 radical (unpaired) electrons. The number of carbonyl (C=O) groups excluding carboxylic acids is 1. The Morgan fingerprint density at radius 3 is 2.70 bits per heavy atom. The number of amides is 1. The lowest BCUT2D eigenvalue weighted by Gasteiger charge is -2.32. The van der Waals surface area contributed by atoms with Crippen molar-refractivity contribution in [2.24, 2.45) is 5.10 Å². The summed E-state index contributed by atoms with van der Waals surface area (Å²) < 4.78 is 0. The van der Waals surface area contributed by atoms with Crippen molar-refractivity contribution in [3.05, 3.63) is 40.6 Å². The average Bonchev–Trinajstić information content (AvgIpc) is 2.67. The van der Waals surface area contributed by atoms with Gasteiger partial charge >= 0.3 is 5.97 Å². The second-order valence-corrected chi connectivity index (χ2v) is 6.91. The Balaban J connectivity index is 2.02. The first-order valence-electron chi connectivity index (χ1n) is 9.34. The fourth-order valence-corrected chi connectivity index (χ4v) is 3.98. The van der Waals surface area contributed by atoms with Gasteiger partial charge in [-0.15, -0.1) is 0 Å². The fourth-order valence-electron chi connectivity index (χ4n) is 3.98. The van der Waals surface area contributed by atoms with Crippen LogP contribution in [0.5, 0.6) is 0 Å². The number of nitrogens with one attached hydrogen (secondary N) is 1. The molecule has 1 amide bonds. The third-order valence-electron chi connectivity index (χ3n) is 5.17. The molecule has 1 aromatic carbocycles. The first kappa shape index (κ1) is 18.9. The second kappa shape index (κ2) is 8.24. The number of hydrazone groups is 1. The topological polar surface area (TPSA) is 102 Å². The Hall–Kier alpha value is -2.83. The molecule has 144 valence electrons. The van der Waals surface area contributed by atoms with Crippen LogP contribution in [0.4, 0.5) is 0 Å². The van der Waals surface area contributed by atoms with Crippen LogP contribution in [0, 0.1) is 0 Å². The summed E-state index contributed by atoms with van der Waals surface area (Å²) in [4.78, 5) is 23.2. The van der Waals surface area contributed by atoms with Crippen molar-refractivity contribution in [1.29, 1.82) is 0 Å². The molecule has 1 heterocycles. The van der Waals surface area contributed by atoms with Gasteiger partial charge in [-0.2, -0.15) is 5.10 Å². The SMILES string of the molecule is C/C=N\N1Cc2c(cccc2C2CCCCC2)C(O)=C1C(=O)NCC(=O)O. The van der Waals surface area contributed by atoms with E-state index in [1.807, 2.05) is 6.07 Å². The molecular formula is C20H25N3O4. The number of hydrogen-bond donors (Lipinski definition) is 3. The molecule has 0 saturated heterocycles. The third-order valence-corrected chi connectivity index (χ3v) is 5.17. The fraction of sp³-hybridized carbons (Fsp3) is 0.450. The zero-order valence-corrected chi connectivity index (χ0v) is 15.4. The van der Waals surface area contributed by atoms with Gasteiger partial charge in [0.1, 0.15) is 6.54 Å². The molecule has 1 aromatic rings. The van der Waals surface area contributed by atoms with Crippen molar-refractivity contribution in [3.8, 4) is 0 Å². The van der Waals surface area contributed by atoms with Crippen LogP contribution < -0.4 is 5.32 Å². The van der Waals surface area contributed by atoms with Gasteiger partial charge in [-0.3, -0.25) is 14.6 Å². The van der Waals surface area contributed by atoms with Gasteiger partial charge in [0, 0.05) is 11.8 Å². The molecule has 27 heavy (non-hydrogen) atoms. The van der Waals surface area contributed by atoms with Crippen LogP contribution in [-0.2, 0) is 16.1 Å². The first-order valence-corrected chi connectivity index (χ1v) is 9.34. The van der Waals surface area contributed by atoms with Crippen molar-refractivity contribution in [3.63, 3.8) is 0 Å². The Kier molecular flexibility index (Phi) is 5.78. The van der Waals surface area contributed by atoms with Crippen molar-refractivity contribution >= 4 is 23.9 Å². The third kappa shape index (κ3) is 3.97. The monoisotopic (exact) mass is 371 g/mol. The van der Waals surface area contributed by atoms with Crippen LogP contribution in [0.15, 0.2) is 29.0 Å². The highest BCUT2D eigenvalue weighted by atomic mass is 16.4. The number of aliphatic carboxylic acids is 1. The maximum absolute atomic E-state index is 12.5. The van der Waals surface area contributed by atoms with Crippen LogP contribution in [0.1, 0.15) is 61.6 Å². The van der Waals surface area contributed by atoms with Crippen LogP contribution >= 0.6 is 0 Å². The van der Waals surface area contributed by atoms with Gasteiger partial charge < -0.3 is 15.5 Å². The highest BCUT2D eigenvalue weighted by molar-refractivity contribution is 6.01. The molecule has 0 unspecified atom stereocenters. The van der Waals surface area contributed by atoms with Crippen LogP contribution in [0.3, 0.4) is 0 Å². The summed E-state index contributed by atoms with van der Waals surface area (Å²) >= 11 is 0. The minimum absolute atomic E-state index is 0.0253. The molecule has 1 aliphatic heterocycles. The molecule has 0 aromatic heterocycles. The molecule has 0 atom stereocenters. The summed E-state index contributed by atoms with van der Waals surface area (Å²) in [6.07, 6.45) is 7.47. The number of benzene rings is 1. The minimum atomic E-state index is -1.15. The normalized spacial score (nSPS) is 17.9. The van der Waals surface area contributed by atoms with E-state index in [0.717, 1.165) is 18.4 Å². The number of aliphatic hydroxyl groups excluding tert-OH is 1. The molecule has 0 spiro atoms. The van der Waals surface area contributed by atoms with Crippen LogP contribution in [-0.4, -0.2) is 39.9 Å². The summed E-state index contributed by atoms with van der Waals surface area (Å²) in [5.74, 6) is -1.52. The summed E-state index contributed by atoms with van der Waals surface area (Å²) in [6, 6.07) is 5.81. The average molecular weight is 371 g/mol. The second-order valence-electron chi connectivity index (χ2n) is 6.91. The molecule has 1 saturated carbocycles. The van der Waals surface area contributed by atoms with E-state index in [4.69, 9.17) is 5.11 Å². The molecular weight excluding hydrogens is 346 g/mol. The first-order chi connectivity index (χ1) is 13.0. The van der Waals surface area contributed by atoms with E-state index in [-0.39, 0.29) is 11.5 Å². The Bertz CT molecular complexity index is 794. The molecule has 1 fully saturated rings. The van der Waals surface area contributed by atoms with Gasteiger partial charge in [0.25, 0.3) is 5.91 Å². The van der Waals surface area contributed by atoms with E-state index in [0.29, 0.717) is 18.0 Å². The Morgan fingerprint density at radius 2 is 2.04 bits per heavy atom. The highest BCUT2D eigenvalue weighted by Gasteiger charge is 2.32. The van der Waals surface area contributed by atoms with Gasteiger partial charge in [0.2, 0.25) is 0 Å². The van der Waals surface area contributed by atoms with Crippen molar-refractivity contribution in [2.45, 2.75) is 51.5 Å². The molecule has 7 nitrogen and oxygen atoms in total. The maximum atomic E-state index is 12.5. The summed E-state index contributed by atoms with van der Waals surface area (Å²) in [6.45, 7) is 1.58. The van der Waals surface area contributed by atoms with E-state index >= 15 is 0 Å². The van der Waals surface area contributed by atoms with Crippen LogP contribution in [0.2, 0.25) is 0 Å². The zero-order valence-electron chi connectivity index (χ0n) is 15.4. The quantitative estimate of drug-likeness (QED) is 0.691. The molecule has 2 aliphatic rings. The van der Waals surface area contributed by atoms with Gasteiger partial charge in [-0.25, -0.2) is 0 Å². The largest absolute Gasteiger partial charge is 0.505 e. The number of carboxylic acid groups (broad SMARTS) is 1. The molecule has 0 bridgehead atoms. The predicted octanol–water partition coefficient (Wildman–Crippen LogP) is 2.98. The lowest BCUT2D eigenvalue weighted by Crippen LogP contribution is -2.38. The van der Waals surface area contributed by atoms with Gasteiger partial charge in [0.05, 0.1) is 6.54 Å². The lowest BCUT2D eigenvalue weighted by molar-refractivity contribution is -0.137. The molecule has 7 heteroatoms. The summed E-state index contributed by atoms with van der Waals surface area (Å²) in [5.41, 5.74) is 2.80. The maximum Gasteiger partial charge on any atom is 0.322 e. The number of nitrogens with zero attached hydrogens (tertiary/aromatic N) is 2. The summed E-state index contributed by atoms with van der Waals surface area (Å²) in [7, 11) is 0. The standard InChI is InChI=1S/C20H25N3O4/c1-2-22-23-12-16-14(13-7-4-3-5-8-13)9-6-10-15(16)19(26)18(23)20(27)21-11-17(24)25/h2,6,9-10,13,26H,3-5,7-8,11-12H2,1H3,(H,21,27)(H,24,25)/b22-2-. The van der Waals surface area contributed by atoms with Gasteiger partial charge in [-0.05, 0) is 36.8 Å². The Morgan fingerprint density at radius 1 is 1.30 bits per heavy atom. The van der Waals surface area contributed by atoms with Crippen molar-refractivity contribution in [1.82, 2.24) is 10.3 Å². The number of rotatable bonds is 5. The van der Waals surface area contributed by atoms with E-state index in [1.165, 1.54) is 29.8 Å². The van der Waals surface area contributed by atoms with E-state index in [1.54, 1.807) is 19.2 Å². The summed E-state index contributed by atoms with van der Waals surface area (Å²) in [5, 5.41) is 27.6. The molecule has 1 aliphatic carbocycles. The van der Waals surface area contributed by atoms with Gasteiger partial charge in [-0.1, -0.05) is 37.5 Å². The van der Waals surface area contributed by atoms with E-state index in [9.17, 15) is 14.7 Å². The molecule has 3 rings (SSSR count). The van der Waals surface area contributed by atoms with Gasteiger partial charge in [0.15, 0.2) is 11.5 Å². The molecule has 3 N–H and O–H groups in total. The zero-order chi connectivity index (χ0) is 19.4. The smallest absolute Gasteiger partial charge is 0.322 e. The minimum Gasteiger partial charge on any atom is -0.505 e. The number of carboxylic acids is 1. The van der Waals surface area contributed by atoms with E-state index < -0.39 is 18.4 Å². The van der Waals surface area contributed by atoms with E-state index in [2.05, 4.69) is 16.5 Å². The number of aliphatic hydroxyl groups is 1. The number of fused-ring (bicyclic) bond motifs is 1. The predicted molar refractivity (Wildman–Crippen MR) is 102 cm³/mol.